The van der Waals surface area contributed by atoms with Crippen molar-refractivity contribution in [3.8, 4) is 0 Å². The second-order valence-electron chi connectivity index (χ2n) is 4.39. The Morgan fingerprint density at radius 2 is 2.08 bits per heavy atom. The number of nitrogens with one attached hydrogen (secondary N) is 2. The quantitative estimate of drug-likeness (QED) is 0.575. The number of alkyl halides is 3. The predicted molar refractivity (Wildman–Crippen MR) is 83.9 cm³/mol. The summed E-state index contributed by atoms with van der Waals surface area (Å²) < 4.78 is 66.5. The number of carbonyl (C=O) groups is 1. The maximum atomic E-state index is 12.5. The molecule has 2 heterocycles. The van der Waals surface area contributed by atoms with Crippen LogP contribution >= 0.6 is 22.9 Å². The zero-order valence-electron chi connectivity index (χ0n) is 12.2. The molecule has 25 heavy (non-hydrogen) atoms. The van der Waals surface area contributed by atoms with Gasteiger partial charge in [0.15, 0.2) is 5.82 Å². The van der Waals surface area contributed by atoms with Crippen molar-refractivity contribution < 1.29 is 31.1 Å². The molecule has 0 aliphatic rings. The number of anilines is 1. The molecular formula is C12H9ClF3N3O4S2. The van der Waals surface area contributed by atoms with Crippen molar-refractivity contribution in [3.05, 3.63) is 39.2 Å². The minimum absolute atomic E-state index is 0.164. The second kappa shape index (κ2) is 7.15. The highest BCUT2D eigenvalue weighted by molar-refractivity contribution is 7.89. The van der Waals surface area contributed by atoms with Gasteiger partial charge in [0.25, 0.3) is 10.0 Å². The smallest absolute Gasteiger partial charge is 0.417 e. The van der Waals surface area contributed by atoms with Gasteiger partial charge in [-0.3, -0.25) is 5.43 Å². The van der Waals surface area contributed by atoms with Gasteiger partial charge in [0, 0.05) is 6.20 Å². The molecule has 2 aromatic heterocycles. The van der Waals surface area contributed by atoms with Gasteiger partial charge in [-0.1, -0.05) is 11.6 Å². The monoisotopic (exact) mass is 415 g/mol. The largest absolute Gasteiger partial charge is 0.465 e. The lowest BCUT2D eigenvalue weighted by molar-refractivity contribution is -0.137. The summed E-state index contributed by atoms with van der Waals surface area (Å²) in [6.45, 7) is 0. The van der Waals surface area contributed by atoms with Gasteiger partial charge in [0.2, 0.25) is 0 Å². The van der Waals surface area contributed by atoms with E-state index in [9.17, 15) is 26.4 Å². The van der Waals surface area contributed by atoms with Crippen LogP contribution < -0.4 is 10.3 Å². The molecule has 2 aromatic rings. The first-order chi connectivity index (χ1) is 11.6. The third-order valence-electron chi connectivity index (χ3n) is 2.76. The molecule has 0 unspecified atom stereocenters. The number of ether oxygens (including phenoxy) is 1. The molecule has 136 valence electrons. The lowest BCUT2D eigenvalue weighted by atomic mass is 10.3. The van der Waals surface area contributed by atoms with E-state index in [4.69, 9.17) is 11.6 Å². The molecule has 0 atom stereocenters. The number of halogens is 4. The normalized spacial score (nSPS) is 12.0. The van der Waals surface area contributed by atoms with Gasteiger partial charge in [-0.15, -0.1) is 16.2 Å². The molecule has 2 rings (SSSR count). The molecule has 0 saturated carbocycles. The van der Waals surface area contributed by atoms with E-state index in [-0.39, 0.29) is 15.6 Å². The maximum absolute atomic E-state index is 12.5. The van der Waals surface area contributed by atoms with E-state index >= 15 is 0 Å². The van der Waals surface area contributed by atoms with Gasteiger partial charge >= 0.3 is 12.1 Å². The lowest BCUT2D eigenvalue weighted by Crippen LogP contribution is -2.31. The van der Waals surface area contributed by atoms with Crippen molar-refractivity contribution in [2.45, 2.75) is 11.1 Å². The van der Waals surface area contributed by atoms with Crippen molar-refractivity contribution in [1.29, 1.82) is 0 Å². The third kappa shape index (κ3) is 4.39. The number of rotatable bonds is 5. The zero-order chi connectivity index (χ0) is 18.8. The summed E-state index contributed by atoms with van der Waals surface area (Å²) >= 11 is 6.51. The molecule has 0 radical (unpaired) electrons. The van der Waals surface area contributed by atoms with Gasteiger partial charge in [-0.25, -0.2) is 18.2 Å². The fourth-order valence-corrected chi connectivity index (χ4v) is 4.00. The Bertz CT molecular complexity index is 899. The van der Waals surface area contributed by atoms with Crippen LogP contribution in [0.2, 0.25) is 5.02 Å². The SMILES string of the molecule is COC(=O)c1sccc1S(=O)(=O)NNc1ncc(C(F)(F)F)cc1Cl. The molecule has 0 aliphatic carbocycles. The first-order valence-electron chi connectivity index (χ1n) is 6.22. The second-order valence-corrected chi connectivity index (χ2v) is 7.36. The van der Waals surface area contributed by atoms with E-state index in [2.05, 4.69) is 15.1 Å². The van der Waals surface area contributed by atoms with Gasteiger partial charge < -0.3 is 4.74 Å². The number of hydrazine groups is 1. The molecule has 0 aromatic carbocycles. The van der Waals surface area contributed by atoms with Crippen LogP contribution in [0, 0.1) is 0 Å². The average molecular weight is 416 g/mol. The summed E-state index contributed by atoms with van der Waals surface area (Å²) in [6.07, 6.45) is -4.15. The van der Waals surface area contributed by atoms with E-state index in [0.717, 1.165) is 18.4 Å². The summed E-state index contributed by atoms with van der Waals surface area (Å²) in [5, 5.41) is 0.917. The summed E-state index contributed by atoms with van der Waals surface area (Å²) in [6, 6.07) is 1.76. The number of hydrogen-bond acceptors (Lipinski definition) is 7. The molecular weight excluding hydrogens is 407 g/mol. The Kier molecular flexibility index (Phi) is 5.56. The van der Waals surface area contributed by atoms with E-state index < -0.39 is 32.8 Å². The number of esters is 1. The predicted octanol–water partition coefficient (Wildman–Crippen LogP) is 2.91. The van der Waals surface area contributed by atoms with Crippen molar-refractivity contribution in [1.82, 2.24) is 9.82 Å². The van der Waals surface area contributed by atoms with E-state index in [1.807, 2.05) is 4.83 Å². The van der Waals surface area contributed by atoms with Crippen molar-refractivity contribution in [2.24, 2.45) is 0 Å². The number of aromatic nitrogens is 1. The molecule has 2 N–H and O–H groups in total. The van der Waals surface area contributed by atoms with Crippen LogP contribution in [-0.2, 0) is 20.9 Å². The number of nitrogens with zero attached hydrogens (tertiary/aromatic N) is 1. The van der Waals surface area contributed by atoms with Crippen molar-refractivity contribution >= 4 is 44.7 Å². The number of hydrogen-bond donors (Lipinski definition) is 2. The Hall–Kier alpha value is -1.89. The fourth-order valence-electron chi connectivity index (χ4n) is 1.61. The van der Waals surface area contributed by atoms with Gasteiger partial charge in [0.05, 0.1) is 17.7 Å². The van der Waals surface area contributed by atoms with Gasteiger partial charge in [0.1, 0.15) is 9.77 Å². The first-order valence-corrected chi connectivity index (χ1v) is 8.96. The maximum Gasteiger partial charge on any atom is 0.417 e. The molecule has 0 amide bonds. The Morgan fingerprint density at radius 1 is 1.40 bits per heavy atom. The number of pyridine rings is 1. The highest BCUT2D eigenvalue weighted by atomic mass is 35.5. The number of carbonyl (C=O) groups excluding carboxylic acids is 1. The summed E-state index contributed by atoms with van der Waals surface area (Å²) in [5.74, 6) is -1.19. The van der Waals surface area contributed by atoms with Crippen LogP contribution in [-0.4, -0.2) is 26.5 Å². The average Bonchev–Trinajstić information content (AvgIpc) is 3.02. The van der Waals surface area contributed by atoms with Crippen LogP contribution in [0.3, 0.4) is 0 Å². The van der Waals surface area contributed by atoms with Crippen LogP contribution in [0.4, 0.5) is 19.0 Å². The highest BCUT2D eigenvalue weighted by Crippen LogP contribution is 2.32. The van der Waals surface area contributed by atoms with E-state index in [1.165, 1.54) is 11.4 Å². The Labute approximate surface area is 148 Å². The molecule has 0 spiro atoms. The van der Waals surface area contributed by atoms with Crippen molar-refractivity contribution in [2.75, 3.05) is 12.5 Å². The standard InChI is InChI=1S/C12H9ClF3N3O4S2/c1-23-11(20)9-8(2-3-24-9)25(21,22)19-18-10-7(13)4-6(5-17-10)12(14,15)16/h2-5,19H,1H3,(H,17,18). The van der Waals surface area contributed by atoms with Gasteiger partial charge in [-0.05, 0) is 17.5 Å². The van der Waals surface area contributed by atoms with Crippen LogP contribution in [0.25, 0.3) is 0 Å². The summed E-state index contributed by atoms with van der Waals surface area (Å²) in [4.78, 5) is 16.3. The number of thiophene rings is 1. The summed E-state index contributed by atoms with van der Waals surface area (Å²) in [7, 11) is -3.14. The molecule has 0 bridgehead atoms. The molecule has 0 fully saturated rings. The highest BCUT2D eigenvalue weighted by Gasteiger charge is 2.32. The molecule has 0 saturated heterocycles. The third-order valence-corrected chi connectivity index (χ3v) is 5.36. The van der Waals surface area contributed by atoms with E-state index in [1.54, 1.807) is 0 Å². The number of sulfonamides is 1. The van der Waals surface area contributed by atoms with Crippen LogP contribution in [0.1, 0.15) is 15.2 Å². The minimum atomic E-state index is -4.64. The van der Waals surface area contributed by atoms with E-state index in [0.29, 0.717) is 12.3 Å². The molecule has 7 nitrogen and oxygen atoms in total. The van der Waals surface area contributed by atoms with Crippen LogP contribution in [0.5, 0.6) is 0 Å². The Balaban J connectivity index is 2.21. The Morgan fingerprint density at radius 3 is 2.64 bits per heavy atom. The first kappa shape index (κ1) is 19.4. The lowest BCUT2D eigenvalue weighted by Gasteiger charge is -2.12. The minimum Gasteiger partial charge on any atom is -0.465 e. The fraction of sp³-hybridized carbons (Fsp3) is 0.167. The zero-order valence-corrected chi connectivity index (χ0v) is 14.6. The number of methoxy groups -OCH3 is 1. The van der Waals surface area contributed by atoms with Gasteiger partial charge in [-0.2, -0.15) is 13.2 Å². The van der Waals surface area contributed by atoms with Crippen LogP contribution in [0.15, 0.2) is 28.6 Å². The molecule has 0 aliphatic heterocycles. The topological polar surface area (TPSA) is 97.4 Å². The molecule has 13 heteroatoms. The van der Waals surface area contributed by atoms with Crippen molar-refractivity contribution in [3.63, 3.8) is 0 Å². The summed E-state index contributed by atoms with van der Waals surface area (Å²) in [5.41, 5.74) is 1.02.